The Morgan fingerprint density at radius 2 is 1.50 bits per heavy atom. The molecule has 114 valence electrons. The molecule has 0 bridgehead atoms. The Labute approximate surface area is 125 Å². The van der Waals surface area contributed by atoms with Crippen molar-refractivity contribution in [1.29, 1.82) is 0 Å². The number of hydrogen-bond acceptors (Lipinski definition) is 2. The summed E-state index contributed by atoms with van der Waals surface area (Å²) >= 11 is 0. The Bertz CT molecular complexity index is 375. The van der Waals surface area contributed by atoms with Crippen LogP contribution in [0.5, 0.6) is 0 Å². The Hall–Kier alpha value is -0.860. The van der Waals surface area contributed by atoms with Gasteiger partial charge in [0.05, 0.1) is 6.04 Å². The molecule has 0 saturated heterocycles. The summed E-state index contributed by atoms with van der Waals surface area (Å²) in [7, 11) is 2.09. The van der Waals surface area contributed by atoms with E-state index in [0.717, 1.165) is 25.9 Å². The minimum absolute atomic E-state index is 0.188. The second-order valence-electron chi connectivity index (χ2n) is 5.62. The summed E-state index contributed by atoms with van der Waals surface area (Å²) in [6.45, 7) is 13.5. The topological polar surface area (TPSA) is 15.3 Å². The van der Waals surface area contributed by atoms with Crippen LogP contribution in [0.1, 0.15) is 57.7 Å². The Morgan fingerprint density at radius 1 is 1.00 bits per heavy atom. The van der Waals surface area contributed by atoms with Crippen LogP contribution in [0.2, 0.25) is 0 Å². The van der Waals surface area contributed by atoms with E-state index in [9.17, 15) is 0 Å². The number of likely N-dealkylation sites (N-methyl/N-ethyl adjacent to an activating group) is 2. The number of aryl methyl sites for hydroxylation is 1. The first-order valence-corrected chi connectivity index (χ1v) is 8.08. The van der Waals surface area contributed by atoms with E-state index in [4.69, 9.17) is 0 Å². The summed E-state index contributed by atoms with van der Waals surface area (Å²) in [5.74, 6) is 0. The average molecular weight is 276 g/mol. The molecule has 2 nitrogen and oxygen atoms in total. The van der Waals surface area contributed by atoms with Gasteiger partial charge in [-0.15, -0.1) is 0 Å². The van der Waals surface area contributed by atoms with E-state index < -0.39 is 0 Å². The lowest BCUT2D eigenvalue weighted by molar-refractivity contribution is 0.0515. The van der Waals surface area contributed by atoms with Crippen LogP contribution in [0.15, 0.2) is 24.3 Å². The highest BCUT2D eigenvalue weighted by atomic mass is 15.2. The van der Waals surface area contributed by atoms with Crippen molar-refractivity contribution in [2.45, 2.75) is 59.0 Å². The summed E-state index contributed by atoms with van der Waals surface area (Å²) in [6.07, 6.45) is 2.31. The molecule has 1 aromatic rings. The van der Waals surface area contributed by atoms with Crippen molar-refractivity contribution >= 4 is 0 Å². The first-order valence-electron chi connectivity index (χ1n) is 8.08. The van der Waals surface area contributed by atoms with Crippen molar-refractivity contribution in [1.82, 2.24) is 10.2 Å². The molecule has 0 fully saturated rings. The summed E-state index contributed by atoms with van der Waals surface area (Å²) in [6, 6.07) is 9.37. The van der Waals surface area contributed by atoms with Crippen molar-refractivity contribution < 1.29 is 0 Å². The third-order valence-corrected chi connectivity index (χ3v) is 4.85. The van der Waals surface area contributed by atoms with Crippen molar-refractivity contribution in [2.24, 2.45) is 0 Å². The maximum Gasteiger partial charge on any atom is 0.0504 e. The van der Waals surface area contributed by atoms with E-state index in [1.807, 2.05) is 0 Å². The number of nitrogens with zero attached hydrogens (tertiary/aromatic N) is 1. The van der Waals surface area contributed by atoms with Crippen LogP contribution in [-0.4, -0.2) is 30.6 Å². The number of nitrogens with one attached hydrogen (secondary N) is 1. The zero-order valence-corrected chi connectivity index (χ0v) is 14.2. The van der Waals surface area contributed by atoms with Gasteiger partial charge in [0.1, 0.15) is 0 Å². The minimum Gasteiger partial charge on any atom is -0.311 e. The second kappa shape index (κ2) is 7.80. The smallest absolute Gasteiger partial charge is 0.0504 e. The van der Waals surface area contributed by atoms with Crippen LogP contribution < -0.4 is 5.32 Å². The summed E-state index contributed by atoms with van der Waals surface area (Å²) in [5, 5.41) is 3.59. The van der Waals surface area contributed by atoms with E-state index in [-0.39, 0.29) is 5.54 Å². The molecule has 2 heteroatoms. The summed E-state index contributed by atoms with van der Waals surface area (Å²) in [5.41, 5.74) is 2.91. The van der Waals surface area contributed by atoms with E-state index in [1.54, 1.807) is 0 Å². The molecule has 1 N–H and O–H groups in total. The largest absolute Gasteiger partial charge is 0.311 e. The van der Waals surface area contributed by atoms with E-state index in [0.29, 0.717) is 6.04 Å². The fraction of sp³-hybridized carbons (Fsp3) is 0.667. The molecule has 1 atom stereocenters. The molecule has 0 heterocycles. The number of benzene rings is 1. The van der Waals surface area contributed by atoms with Crippen molar-refractivity contribution in [2.75, 3.05) is 20.1 Å². The first-order chi connectivity index (χ1) is 9.59. The molecular weight excluding hydrogens is 244 g/mol. The molecule has 0 aliphatic heterocycles. The number of rotatable bonds is 8. The second-order valence-corrected chi connectivity index (χ2v) is 5.62. The van der Waals surface area contributed by atoms with Crippen molar-refractivity contribution in [3.63, 3.8) is 0 Å². The Morgan fingerprint density at radius 3 is 1.85 bits per heavy atom. The Kier molecular flexibility index (Phi) is 6.70. The average Bonchev–Trinajstić information content (AvgIpc) is 2.49. The summed E-state index contributed by atoms with van der Waals surface area (Å²) < 4.78 is 0. The molecule has 1 rings (SSSR count). The van der Waals surface area contributed by atoms with Crippen LogP contribution in [0.3, 0.4) is 0 Å². The lowest BCUT2D eigenvalue weighted by atomic mass is 9.79. The molecule has 20 heavy (non-hydrogen) atoms. The minimum atomic E-state index is 0.188. The van der Waals surface area contributed by atoms with Gasteiger partial charge in [-0.25, -0.2) is 0 Å². The van der Waals surface area contributed by atoms with Gasteiger partial charge in [-0.1, -0.05) is 57.5 Å². The monoisotopic (exact) mass is 276 g/mol. The molecule has 1 aromatic carbocycles. The van der Waals surface area contributed by atoms with Gasteiger partial charge in [0.25, 0.3) is 0 Å². The third kappa shape index (κ3) is 3.24. The predicted molar refractivity (Wildman–Crippen MR) is 89.2 cm³/mol. The molecule has 0 aliphatic rings. The molecule has 0 saturated carbocycles. The van der Waals surface area contributed by atoms with Crippen LogP contribution >= 0.6 is 0 Å². The van der Waals surface area contributed by atoms with E-state index in [1.165, 1.54) is 11.1 Å². The highest BCUT2D eigenvalue weighted by Crippen LogP contribution is 2.37. The fourth-order valence-electron chi connectivity index (χ4n) is 3.65. The van der Waals surface area contributed by atoms with Crippen molar-refractivity contribution in [3.8, 4) is 0 Å². The number of hydrogen-bond donors (Lipinski definition) is 1. The Balaban J connectivity index is 3.24. The SMILES string of the molecule is CCN(CC)C(CC)(CC)C(NC)c1ccc(C)cc1. The van der Waals surface area contributed by atoms with Crippen LogP contribution in [0, 0.1) is 6.92 Å². The fourth-order valence-corrected chi connectivity index (χ4v) is 3.65. The standard InChI is InChI=1S/C18H32N2/c1-7-18(8-2,20(9-3)10-4)17(19-6)16-13-11-15(5)12-14-16/h11-14,17,19H,7-10H2,1-6H3. The lowest BCUT2D eigenvalue weighted by Crippen LogP contribution is -2.55. The molecule has 0 radical (unpaired) electrons. The predicted octanol–water partition coefficient (Wildman–Crippen LogP) is 4.16. The van der Waals surface area contributed by atoms with Gasteiger partial charge >= 0.3 is 0 Å². The third-order valence-electron chi connectivity index (χ3n) is 4.85. The zero-order chi connectivity index (χ0) is 15.2. The lowest BCUT2D eigenvalue weighted by Gasteiger charge is -2.48. The van der Waals surface area contributed by atoms with Gasteiger partial charge in [-0.2, -0.15) is 0 Å². The molecule has 0 aromatic heterocycles. The van der Waals surface area contributed by atoms with Gasteiger partial charge in [-0.05, 0) is 45.5 Å². The van der Waals surface area contributed by atoms with Gasteiger partial charge in [0.2, 0.25) is 0 Å². The highest BCUT2D eigenvalue weighted by molar-refractivity contribution is 5.27. The maximum absolute atomic E-state index is 3.59. The van der Waals surface area contributed by atoms with Crippen LogP contribution in [0.25, 0.3) is 0 Å². The summed E-state index contributed by atoms with van der Waals surface area (Å²) in [4.78, 5) is 2.62. The maximum atomic E-state index is 3.59. The molecule has 0 aliphatic carbocycles. The van der Waals surface area contributed by atoms with Gasteiger partial charge in [0.15, 0.2) is 0 Å². The highest BCUT2D eigenvalue weighted by Gasteiger charge is 2.39. The molecule has 0 spiro atoms. The van der Waals surface area contributed by atoms with Gasteiger partial charge < -0.3 is 5.32 Å². The normalized spacial score (nSPS) is 13.8. The van der Waals surface area contributed by atoms with Crippen LogP contribution in [-0.2, 0) is 0 Å². The van der Waals surface area contributed by atoms with Crippen LogP contribution in [0.4, 0.5) is 0 Å². The van der Waals surface area contributed by atoms with Gasteiger partial charge in [0, 0.05) is 5.54 Å². The zero-order valence-electron chi connectivity index (χ0n) is 14.2. The van der Waals surface area contributed by atoms with Gasteiger partial charge in [-0.3, -0.25) is 4.90 Å². The van der Waals surface area contributed by atoms with Crippen molar-refractivity contribution in [3.05, 3.63) is 35.4 Å². The molecule has 1 unspecified atom stereocenters. The molecule has 0 amide bonds. The quantitative estimate of drug-likeness (QED) is 0.767. The first kappa shape index (κ1) is 17.2. The molecular formula is C18H32N2. The van der Waals surface area contributed by atoms with E-state index in [2.05, 4.69) is 76.1 Å². The van der Waals surface area contributed by atoms with E-state index >= 15 is 0 Å².